The molecule has 3 nitrogen and oxygen atoms in total. The fraction of sp³-hybridized carbons (Fsp3) is 0.278. The largest absolute Gasteiger partial charge is 0.478 e. The number of benzene rings is 1. The molecule has 1 N–H and O–H groups in total. The number of fused-ring (bicyclic) bond motifs is 1. The Bertz CT molecular complexity index is 772. The van der Waals surface area contributed by atoms with Crippen LogP contribution in [0.1, 0.15) is 24.5 Å². The van der Waals surface area contributed by atoms with Crippen molar-refractivity contribution < 1.29 is 27.8 Å². The van der Waals surface area contributed by atoms with Crippen LogP contribution in [0.15, 0.2) is 42.0 Å². The van der Waals surface area contributed by atoms with Gasteiger partial charge in [0, 0.05) is 11.1 Å². The van der Waals surface area contributed by atoms with Gasteiger partial charge in [-0.15, -0.1) is 0 Å². The molecular formula is C18H15F3O3. The second kappa shape index (κ2) is 5.85. The predicted molar refractivity (Wildman–Crippen MR) is 83.4 cm³/mol. The molecule has 0 aromatic heterocycles. The Hall–Kier alpha value is -2.50. The number of ether oxygens (including phenoxy) is 1. The molecule has 1 aromatic rings. The number of carboxylic acid groups (broad SMARTS) is 1. The minimum absolute atomic E-state index is 0.0820. The molecule has 0 spiro atoms. The lowest BCUT2D eigenvalue weighted by molar-refractivity contribution is -0.187. The van der Waals surface area contributed by atoms with Crippen LogP contribution in [0.2, 0.25) is 0 Å². The lowest BCUT2D eigenvalue weighted by Crippen LogP contribution is -2.40. The summed E-state index contributed by atoms with van der Waals surface area (Å²) < 4.78 is 44.8. The van der Waals surface area contributed by atoms with E-state index < -0.39 is 23.8 Å². The van der Waals surface area contributed by atoms with E-state index in [1.165, 1.54) is 0 Å². The molecule has 1 aliphatic carbocycles. The van der Waals surface area contributed by atoms with Crippen molar-refractivity contribution in [3.8, 4) is 5.75 Å². The van der Waals surface area contributed by atoms with Crippen molar-refractivity contribution >= 4 is 17.6 Å². The average Bonchev–Trinajstić information content (AvgIpc) is 2.52. The van der Waals surface area contributed by atoms with Gasteiger partial charge < -0.3 is 9.84 Å². The van der Waals surface area contributed by atoms with E-state index >= 15 is 0 Å². The molecule has 2 unspecified atom stereocenters. The van der Waals surface area contributed by atoms with Crippen molar-refractivity contribution in [2.75, 3.05) is 0 Å². The smallest absolute Gasteiger partial charge is 0.430 e. The summed E-state index contributed by atoms with van der Waals surface area (Å²) in [5.41, 5.74) is 0.972. The quantitative estimate of drug-likeness (QED) is 0.867. The summed E-state index contributed by atoms with van der Waals surface area (Å²) in [5.74, 6) is -1.28. The maximum atomic E-state index is 13.2. The molecule has 0 radical (unpaired) electrons. The molecule has 24 heavy (non-hydrogen) atoms. The van der Waals surface area contributed by atoms with Crippen LogP contribution in [0, 0.1) is 5.92 Å². The summed E-state index contributed by atoms with van der Waals surface area (Å²) in [6.45, 7) is 2.01. The van der Waals surface area contributed by atoms with Crippen LogP contribution in [-0.4, -0.2) is 23.4 Å². The minimum Gasteiger partial charge on any atom is -0.478 e. The Balaban J connectivity index is 2.12. The van der Waals surface area contributed by atoms with Gasteiger partial charge in [-0.25, -0.2) is 4.79 Å². The molecule has 0 amide bonds. The Labute approximate surface area is 136 Å². The van der Waals surface area contributed by atoms with E-state index in [1.807, 2.05) is 25.2 Å². The second-order valence-corrected chi connectivity index (χ2v) is 5.93. The van der Waals surface area contributed by atoms with Crippen LogP contribution < -0.4 is 4.74 Å². The fourth-order valence-corrected chi connectivity index (χ4v) is 2.94. The zero-order valence-electron chi connectivity index (χ0n) is 12.8. The summed E-state index contributed by atoms with van der Waals surface area (Å²) in [5, 5.41) is 9.08. The number of hydrogen-bond acceptors (Lipinski definition) is 2. The zero-order chi connectivity index (χ0) is 17.5. The first-order valence-electron chi connectivity index (χ1n) is 7.46. The Morgan fingerprint density at radius 3 is 2.71 bits per heavy atom. The summed E-state index contributed by atoms with van der Waals surface area (Å²) in [6, 6.07) is 4.94. The standard InChI is InChI=1S/C18H15F3O3/c1-10-4-2-5-11(8-10)13-7-3-6-12-9-14(17(22)23)16(18(19,20)21)24-15(12)13/h2-7,9-10,16H,8H2,1H3,(H,22,23). The third-order valence-corrected chi connectivity index (χ3v) is 4.04. The van der Waals surface area contributed by atoms with Crippen molar-refractivity contribution in [3.05, 3.63) is 53.1 Å². The summed E-state index contributed by atoms with van der Waals surface area (Å²) >= 11 is 0. The predicted octanol–water partition coefficient (Wildman–Crippen LogP) is 4.46. The third-order valence-electron chi connectivity index (χ3n) is 4.04. The highest BCUT2D eigenvalue weighted by molar-refractivity contribution is 5.95. The number of hydrogen-bond donors (Lipinski definition) is 1. The third kappa shape index (κ3) is 2.96. The Kier molecular flexibility index (Phi) is 3.99. The molecular weight excluding hydrogens is 321 g/mol. The summed E-state index contributed by atoms with van der Waals surface area (Å²) in [4.78, 5) is 11.2. The van der Waals surface area contributed by atoms with Crippen molar-refractivity contribution in [2.45, 2.75) is 25.6 Å². The highest BCUT2D eigenvalue weighted by atomic mass is 19.4. The number of carbonyl (C=O) groups is 1. The van der Waals surface area contributed by atoms with Gasteiger partial charge >= 0.3 is 12.1 Å². The molecule has 0 bridgehead atoms. The minimum atomic E-state index is -4.80. The molecule has 1 aliphatic heterocycles. The molecule has 0 fully saturated rings. The van der Waals surface area contributed by atoms with Gasteiger partial charge in [-0.1, -0.05) is 43.4 Å². The van der Waals surface area contributed by atoms with Crippen LogP contribution >= 0.6 is 0 Å². The summed E-state index contributed by atoms with van der Waals surface area (Å²) in [6.07, 6.45) is 0.183. The number of halogens is 3. The number of carboxylic acids is 1. The number of rotatable bonds is 2. The number of allylic oxidation sites excluding steroid dienone is 4. The van der Waals surface area contributed by atoms with E-state index in [4.69, 9.17) is 9.84 Å². The van der Waals surface area contributed by atoms with E-state index in [2.05, 4.69) is 0 Å². The maximum absolute atomic E-state index is 13.2. The van der Waals surface area contributed by atoms with Gasteiger partial charge in [-0.3, -0.25) is 0 Å². The van der Waals surface area contributed by atoms with Crippen molar-refractivity contribution in [1.82, 2.24) is 0 Å². The van der Waals surface area contributed by atoms with E-state index in [0.717, 1.165) is 11.6 Å². The first kappa shape index (κ1) is 16.4. The second-order valence-electron chi connectivity index (χ2n) is 5.93. The van der Waals surface area contributed by atoms with Gasteiger partial charge in [0.2, 0.25) is 6.10 Å². The van der Waals surface area contributed by atoms with Gasteiger partial charge in [0.15, 0.2) is 0 Å². The van der Waals surface area contributed by atoms with E-state index in [-0.39, 0.29) is 11.7 Å². The highest BCUT2D eigenvalue weighted by Crippen LogP contribution is 2.42. The first-order chi connectivity index (χ1) is 11.3. The first-order valence-corrected chi connectivity index (χ1v) is 7.46. The average molecular weight is 336 g/mol. The maximum Gasteiger partial charge on any atom is 0.430 e. The fourth-order valence-electron chi connectivity index (χ4n) is 2.94. The number of para-hydroxylation sites is 1. The monoisotopic (exact) mass is 336 g/mol. The number of aliphatic carboxylic acids is 1. The van der Waals surface area contributed by atoms with E-state index in [9.17, 15) is 18.0 Å². The lowest BCUT2D eigenvalue weighted by atomic mass is 9.88. The molecule has 0 saturated carbocycles. The van der Waals surface area contributed by atoms with Crippen LogP contribution in [0.3, 0.4) is 0 Å². The molecule has 6 heteroatoms. The topological polar surface area (TPSA) is 46.5 Å². The van der Waals surface area contributed by atoms with Crippen LogP contribution in [0.25, 0.3) is 11.6 Å². The van der Waals surface area contributed by atoms with Crippen LogP contribution in [0.4, 0.5) is 13.2 Å². The van der Waals surface area contributed by atoms with Crippen molar-refractivity contribution in [3.63, 3.8) is 0 Å². The van der Waals surface area contributed by atoms with Crippen LogP contribution in [-0.2, 0) is 4.79 Å². The summed E-state index contributed by atoms with van der Waals surface area (Å²) in [7, 11) is 0. The molecule has 2 aliphatic rings. The van der Waals surface area contributed by atoms with Crippen LogP contribution in [0.5, 0.6) is 5.75 Å². The SMILES string of the molecule is CC1C=CC=C(c2cccc3c2OC(C(F)(F)F)C(C(=O)O)=C3)C1. The molecule has 1 aromatic carbocycles. The van der Waals surface area contributed by atoms with Gasteiger partial charge in [-0.2, -0.15) is 13.2 Å². The molecule has 1 heterocycles. The molecule has 0 saturated heterocycles. The van der Waals surface area contributed by atoms with Gasteiger partial charge in [0.05, 0.1) is 5.57 Å². The van der Waals surface area contributed by atoms with E-state index in [0.29, 0.717) is 17.5 Å². The van der Waals surface area contributed by atoms with Gasteiger partial charge in [0.25, 0.3) is 0 Å². The van der Waals surface area contributed by atoms with E-state index in [1.54, 1.807) is 18.2 Å². The Morgan fingerprint density at radius 2 is 2.08 bits per heavy atom. The van der Waals surface area contributed by atoms with Crippen molar-refractivity contribution in [1.29, 1.82) is 0 Å². The number of alkyl halides is 3. The van der Waals surface area contributed by atoms with Crippen molar-refractivity contribution in [2.24, 2.45) is 5.92 Å². The zero-order valence-corrected chi connectivity index (χ0v) is 12.8. The molecule has 126 valence electrons. The normalized spacial score (nSPS) is 23.0. The van der Waals surface area contributed by atoms with Gasteiger partial charge in [-0.05, 0) is 24.0 Å². The molecule has 3 rings (SSSR count). The van der Waals surface area contributed by atoms with Gasteiger partial charge in [0.1, 0.15) is 5.75 Å². The Morgan fingerprint density at radius 1 is 1.33 bits per heavy atom. The lowest BCUT2D eigenvalue weighted by Gasteiger charge is -2.29. The highest BCUT2D eigenvalue weighted by Gasteiger charge is 2.48. The molecule has 2 atom stereocenters.